The summed E-state index contributed by atoms with van der Waals surface area (Å²) in [5, 5.41) is 0.379. The second-order valence-corrected chi connectivity index (χ2v) is 4.33. The zero-order valence-electron chi connectivity index (χ0n) is 9.63. The third-order valence-corrected chi connectivity index (χ3v) is 2.94. The number of alkyl halides is 3. The van der Waals surface area contributed by atoms with Crippen molar-refractivity contribution in [1.29, 1.82) is 0 Å². The quantitative estimate of drug-likeness (QED) is 0.644. The van der Waals surface area contributed by atoms with E-state index < -0.39 is 11.7 Å². The molecular weight excluding hydrogens is 273 g/mol. The van der Waals surface area contributed by atoms with Gasteiger partial charge in [-0.05, 0) is 29.8 Å². The van der Waals surface area contributed by atoms with Crippen LogP contribution in [-0.4, -0.2) is 0 Å². The van der Waals surface area contributed by atoms with Crippen molar-refractivity contribution in [1.82, 2.24) is 0 Å². The van der Waals surface area contributed by atoms with Gasteiger partial charge in [-0.2, -0.15) is 13.2 Å². The van der Waals surface area contributed by atoms with Gasteiger partial charge in [-0.15, -0.1) is 6.42 Å². The third kappa shape index (κ3) is 2.91. The average molecular weight is 281 g/mol. The molecule has 19 heavy (non-hydrogen) atoms. The molecule has 0 nitrogen and oxygen atoms in total. The molecule has 0 saturated heterocycles. The summed E-state index contributed by atoms with van der Waals surface area (Å²) in [6.45, 7) is 0. The molecule has 0 bridgehead atoms. The Labute approximate surface area is 113 Å². The van der Waals surface area contributed by atoms with E-state index in [0.29, 0.717) is 16.1 Å². The van der Waals surface area contributed by atoms with Crippen molar-refractivity contribution in [2.45, 2.75) is 6.18 Å². The van der Waals surface area contributed by atoms with Crippen LogP contribution in [0.15, 0.2) is 42.5 Å². The van der Waals surface area contributed by atoms with Gasteiger partial charge in [-0.25, -0.2) is 0 Å². The molecule has 0 atom stereocenters. The number of rotatable bonds is 1. The zero-order chi connectivity index (χ0) is 14.0. The first kappa shape index (κ1) is 13.5. The van der Waals surface area contributed by atoms with Gasteiger partial charge in [0.1, 0.15) is 0 Å². The van der Waals surface area contributed by atoms with Crippen LogP contribution in [-0.2, 0) is 6.18 Å². The number of halogens is 4. The fourth-order valence-electron chi connectivity index (χ4n) is 1.73. The van der Waals surface area contributed by atoms with Gasteiger partial charge in [-0.1, -0.05) is 35.7 Å². The summed E-state index contributed by atoms with van der Waals surface area (Å²) in [7, 11) is 0. The van der Waals surface area contributed by atoms with E-state index in [-0.39, 0.29) is 5.56 Å². The Morgan fingerprint density at radius 1 is 1.05 bits per heavy atom. The maximum Gasteiger partial charge on any atom is 0.416 e. The first-order valence-electron chi connectivity index (χ1n) is 5.35. The lowest BCUT2D eigenvalue weighted by atomic mass is 9.99. The maximum atomic E-state index is 12.8. The van der Waals surface area contributed by atoms with Crippen LogP contribution < -0.4 is 0 Å². The van der Waals surface area contributed by atoms with Crippen LogP contribution in [0.2, 0.25) is 5.02 Å². The third-order valence-electron chi connectivity index (χ3n) is 2.61. The highest BCUT2D eigenvalue weighted by molar-refractivity contribution is 6.33. The van der Waals surface area contributed by atoms with E-state index in [1.807, 2.05) is 0 Å². The van der Waals surface area contributed by atoms with Crippen LogP contribution in [0.3, 0.4) is 0 Å². The monoisotopic (exact) mass is 280 g/mol. The molecule has 2 aromatic carbocycles. The van der Waals surface area contributed by atoms with E-state index in [1.165, 1.54) is 6.07 Å². The largest absolute Gasteiger partial charge is 0.416 e. The molecule has 96 valence electrons. The molecule has 0 aliphatic heterocycles. The Morgan fingerprint density at radius 3 is 2.32 bits per heavy atom. The van der Waals surface area contributed by atoms with Crippen LogP contribution in [0.25, 0.3) is 11.1 Å². The lowest BCUT2D eigenvalue weighted by molar-refractivity contribution is -0.137. The van der Waals surface area contributed by atoms with Crippen molar-refractivity contribution < 1.29 is 13.2 Å². The van der Waals surface area contributed by atoms with Gasteiger partial charge in [-0.3, -0.25) is 0 Å². The smallest absolute Gasteiger partial charge is 0.166 e. The Hall–Kier alpha value is -1.92. The lowest BCUT2D eigenvalue weighted by Gasteiger charge is -2.11. The van der Waals surface area contributed by atoms with E-state index >= 15 is 0 Å². The molecule has 0 aliphatic carbocycles. The van der Waals surface area contributed by atoms with E-state index in [0.717, 1.165) is 12.1 Å². The van der Waals surface area contributed by atoms with Crippen molar-refractivity contribution in [2.75, 3.05) is 0 Å². The number of hydrogen-bond donors (Lipinski definition) is 0. The first-order chi connectivity index (χ1) is 8.91. The predicted octanol–water partition coefficient (Wildman–Crippen LogP) is 5.01. The topological polar surface area (TPSA) is 0 Å². The summed E-state index contributed by atoms with van der Waals surface area (Å²) in [6.07, 6.45) is 0.755. The van der Waals surface area contributed by atoms with Crippen molar-refractivity contribution >= 4 is 11.6 Å². The molecule has 0 N–H and O–H groups in total. The molecule has 0 aliphatic rings. The predicted molar refractivity (Wildman–Crippen MR) is 69.8 cm³/mol. The highest BCUT2D eigenvalue weighted by atomic mass is 35.5. The van der Waals surface area contributed by atoms with Gasteiger partial charge in [0, 0.05) is 16.1 Å². The Kier molecular flexibility index (Phi) is 3.55. The fourth-order valence-corrected chi connectivity index (χ4v) is 1.97. The summed E-state index contributed by atoms with van der Waals surface area (Å²) < 4.78 is 38.4. The SMILES string of the molecule is C#Cc1cc(-c2ccccc2Cl)cc(C(F)(F)F)c1. The highest BCUT2D eigenvalue weighted by Gasteiger charge is 2.31. The summed E-state index contributed by atoms with van der Waals surface area (Å²) in [6, 6.07) is 10.2. The minimum absolute atomic E-state index is 0.171. The molecule has 2 aromatic rings. The number of hydrogen-bond acceptors (Lipinski definition) is 0. The molecule has 4 heteroatoms. The van der Waals surface area contributed by atoms with Crippen LogP contribution >= 0.6 is 11.6 Å². The van der Waals surface area contributed by atoms with Gasteiger partial charge in [0.25, 0.3) is 0 Å². The first-order valence-corrected chi connectivity index (χ1v) is 5.73. The molecule has 0 unspecified atom stereocenters. The molecule has 0 amide bonds. The summed E-state index contributed by atoms with van der Waals surface area (Å²) in [4.78, 5) is 0. The van der Waals surface area contributed by atoms with Crippen molar-refractivity contribution in [3.63, 3.8) is 0 Å². The molecule has 0 aromatic heterocycles. The fraction of sp³-hybridized carbons (Fsp3) is 0.0667. The highest BCUT2D eigenvalue weighted by Crippen LogP contribution is 2.35. The molecule has 2 rings (SSSR count). The molecule has 0 radical (unpaired) electrons. The van der Waals surface area contributed by atoms with Gasteiger partial charge in [0.05, 0.1) is 5.56 Å². The van der Waals surface area contributed by atoms with E-state index in [2.05, 4.69) is 5.92 Å². The van der Waals surface area contributed by atoms with Crippen molar-refractivity contribution in [3.8, 4) is 23.5 Å². The van der Waals surface area contributed by atoms with Crippen LogP contribution in [0.5, 0.6) is 0 Å². The number of benzene rings is 2. The van der Waals surface area contributed by atoms with E-state index in [9.17, 15) is 13.2 Å². The normalized spacial score (nSPS) is 11.1. The van der Waals surface area contributed by atoms with Gasteiger partial charge in [0.2, 0.25) is 0 Å². The number of terminal acetylenes is 1. The Morgan fingerprint density at radius 2 is 1.74 bits per heavy atom. The molecular formula is C15H8ClF3. The minimum Gasteiger partial charge on any atom is -0.166 e. The molecule has 0 heterocycles. The Bertz CT molecular complexity index is 651. The van der Waals surface area contributed by atoms with Crippen molar-refractivity contribution in [3.05, 3.63) is 58.6 Å². The second-order valence-electron chi connectivity index (χ2n) is 3.92. The Balaban J connectivity index is 2.66. The van der Waals surface area contributed by atoms with Crippen LogP contribution in [0.1, 0.15) is 11.1 Å². The molecule has 0 spiro atoms. The minimum atomic E-state index is -4.44. The van der Waals surface area contributed by atoms with Crippen LogP contribution in [0, 0.1) is 12.3 Å². The summed E-state index contributed by atoms with van der Waals surface area (Å²) >= 11 is 5.99. The lowest BCUT2D eigenvalue weighted by Crippen LogP contribution is -2.05. The standard InChI is InChI=1S/C15H8ClF3/c1-2-10-7-11(9-12(8-10)15(17,18)19)13-5-3-4-6-14(13)16/h1,3-9H. The van der Waals surface area contributed by atoms with Crippen molar-refractivity contribution in [2.24, 2.45) is 0 Å². The van der Waals surface area contributed by atoms with Crippen LogP contribution in [0.4, 0.5) is 13.2 Å². The summed E-state index contributed by atoms with van der Waals surface area (Å²) in [5.74, 6) is 2.23. The maximum absolute atomic E-state index is 12.8. The zero-order valence-corrected chi connectivity index (χ0v) is 10.4. The van der Waals surface area contributed by atoms with Gasteiger partial charge >= 0.3 is 6.18 Å². The van der Waals surface area contributed by atoms with Gasteiger partial charge in [0.15, 0.2) is 0 Å². The van der Waals surface area contributed by atoms with Gasteiger partial charge < -0.3 is 0 Å². The second kappa shape index (κ2) is 4.99. The average Bonchev–Trinajstić information content (AvgIpc) is 2.37. The van der Waals surface area contributed by atoms with E-state index in [1.54, 1.807) is 24.3 Å². The van der Waals surface area contributed by atoms with E-state index in [4.69, 9.17) is 18.0 Å². The summed E-state index contributed by atoms with van der Waals surface area (Å²) in [5.41, 5.74) is 0.266. The molecule has 0 fully saturated rings. The molecule has 0 saturated carbocycles.